The highest BCUT2D eigenvalue weighted by atomic mass is 35.5. The van der Waals surface area contributed by atoms with Crippen LogP contribution in [0, 0.1) is 0 Å². The van der Waals surface area contributed by atoms with Gasteiger partial charge in [-0.3, -0.25) is 13.7 Å². The van der Waals surface area contributed by atoms with E-state index in [4.69, 9.17) is 9.97 Å². The van der Waals surface area contributed by atoms with Gasteiger partial charge in [0.05, 0.1) is 33.8 Å². The maximum absolute atomic E-state index is 13.2. The topological polar surface area (TPSA) is 258 Å². The van der Waals surface area contributed by atoms with E-state index in [9.17, 15) is 48.8 Å². The van der Waals surface area contributed by atoms with Crippen LogP contribution in [0.2, 0.25) is 0 Å². The van der Waals surface area contributed by atoms with Crippen molar-refractivity contribution in [1.29, 1.82) is 0 Å². The molecule has 9 rings (SSSR count). The molecule has 4 aromatic carbocycles. The largest absolute Gasteiger partial charge is 0.478 e. The maximum Gasteiger partial charge on any atom is 0.340 e. The molecule has 3 aromatic heterocycles. The molecule has 15 nitrogen and oxygen atoms in total. The van der Waals surface area contributed by atoms with Gasteiger partial charge in [0.2, 0.25) is 0 Å². The molecule has 0 aliphatic carbocycles. The first-order chi connectivity index (χ1) is 30.0. The Hall–Kier alpha value is -7.03. The van der Waals surface area contributed by atoms with E-state index in [1.165, 1.54) is 103 Å². The molecule has 7 aromatic rings. The Balaban J connectivity index is 0.00000560. The molecular weight excluding hydrogens is 904 g/mol. The van der Waals surface area contributed by atoms with Crippen molar-refractivity contribution >= 4 is 95.1 Å². The van der Waals surface area contributed by atoms with Crippen molar-refractivity contribution in [1.82, 2.24) is 19.9 Å². The summed E-state index contributed by atoms with van der Waals surface area (Å²) in [6.07, 6.45) is 6.08. The lowest BCUT2D eigenvalue weighted by atomic mass is 9.98. The number of carboxylic acids is 1. The van der Waals surface area contributed by atoms with Crippen molar-refractivity contribution in [2.24, 2.45) is 0 Å². The van der Waals surface area contributed by atoms with E-state index in [2.05, 4.69) is 9.97 Å². The Bertz CT molecular complexity index is 3700. The Labute approximate surface area is 370 Å². The van der Waals surface area contributed by atoms with Gasteiger partial charge in [0.25, 0.3) is 30.4 Å². The number of H-pyrrole nitrogens is 2. The Morgan fingerprint density at radius 2 is 0.891 bits per heavy atom. The number of fused-ring (bicyclic) bond motifs is 8. The molecule has 0 spiro atoms. The molecular formula is C45H31ClN4O11S3. The second-order valence-electron chi connectivity index (χ2n) is 14.3. The van der Waals surface area contributed by atoms with Crippen molar-refractivity contribution in [2.45, 2.75) is 14.7 Å². The molecule has 0 saturated carbocycles. The third-order valence-corrected chi connectivity index (χ3v) is 13.2. The monoisotopic (exact) mass is 934 g/mol. The van der Waals surface area contributed by atoms with Gasteiger partial charge in [-0.05, 0) is 66.3 Å². The van der Waals surface area contributed by atoms with Crippen LogP contribution in [0.25, 0.3) is 90.9 Å². The fourth-order valence-corrected chi connectivity index (χ4v) is 10.0. The molecule has 0 atom stereocenters. The highest BCUT2D eigenvalue weighted by molar-refractivity contribution is 7.86. The number of carboxylic acid groups (broad SMARTS) is 1. The lowest BCUT2D eigenvalue weighted by Gasteiger charge is -2.12. The van der Waals surface area contributed by atoms with Crippen molar-refractivity contribution in [3.05, 3.63) is 150 Å². The first kappa shape index (κ1) is 43.6. The van der Waals surface area contributed by atoms with Gasteiger partial charge in [0.1, 0.15) is 20.2 Å². The van der Waals surface area contributed by atoms with E-state index >= 15 is 0 Å². The maximum atomic E-state index is 13.2. The number of aromatic amines is 2. The number of nitrogens with one attached hydrogen (secondary N) is 2. The lowest BCUT2D eigenvalue weighted by Crippen LogP contribution is -2.02. The second kappa shape index (κ2) is 16.3. The smallest absolute Gasteiger partial charge is 0.340 e. The predicted molar refractivity (Wildman–Crippen MR) is 244 cm³/mol. The Kier molecular flexibility index (Phi) is 11.1. The average Bonchev–Trinajstić information content (AvgIpc) is 4.08. The van der Waals surface area contributed by atoms with Gasteiger partial charge in [-0.25, -0.2) is 14.8 Å². The minimum atomic E-state index is -4.98. The molecule has 0 unspecified atom stereocenters. The summed E-state index contributed by atoms with van der Waals surface area (Å²) in [5.74, 6) is -1.35. The summed E-state index contributed by atoms with van der Waals surface area (Å²) in [7, 11) is -14.8. The molecule has 322 valence electrons. The van der Waals surface area contributed by atoms with E-state index in [-0.39, 0.29) is 96.2 Å². The third kappa shape index (κ3) is 7.83. The molecule has 0 fully saturated rings. The molecule has 64 heavy (non-hydrogen) atoms. The van der Waals surface area contributed by atoms with Gasteiger partial charge in [-0.1, -0.05) is 84.9 Å². The zero-order valence-electron chi connectivity index (χ0n) is 32.5. The van der Waals surface area contributed by atoms with Crippen LogP contribution in [0.15, 0.2) is 136 Å². The molecule has 0 radical (unpaired) electrons. The quantitative estimate of drug-likeness (QED) is 0.0778. The van der Waals surface area contributed by atoms with Crippen LogP contribution in [-0.4, -0.2) is 69.9 Å². The van der Waals surface area contributed by atoms with Crippen molar-refractivity contribution < 1.29 is 48.8 Å². The third-order valence-electron chi connectivity index (χ3n) is 10.5. The van der Waals surface area contributed by atoms with Crippen LogP contribution in [0.4, 0.5) is 0 Å². The Morgan fingerprint density at radius 3 is 1.45 bits per heavy atom. The molecule has 0 amide bonds. The SMILES string of the molecule is Cl.O=C(O)c1c2nc(c(-c3ccccc3)c3cc(-c4ccccc4S(=O)(=O)O)c([nH]3)c(-c3ccccc3S(=O)(=O)O)c3nc(c(-c4ccccc4S(=O)(=O)O)c4ccc1[nH]4)C=C3)C=C2. The Morgan fingerprint density at radius 1 is 0.453 bits per heavy atom. The van der Waals surface area contributed by atoms with Crippen molar-refractivity contribution in [2.75, 3.05) is 0 Å². The number of hydrogen-bond donors (Lipinski definition) is 6. The minimum absolute atomic E-state index is 0. The minimum Gasteiger partial charge on any atom is -0.478 e. The zero-order valence-corrected chi connectivity index (χ0v) is 35.8. The molecule has 8 bridgehead atoms. The van der Waals surface area contributed by atoms with Gasteiger partial charge < -0.3 is 15.1 Å². The van der Waals surface area contributed by atoms with Gasteiger partial charge >= 0.3 is 5.97 Å². The molecule has 0 saturated heterocycles. The number of aromatic nitrogens is 4. The summed E-state index contributed by atoms with van der Waals surface area (Å²) in [4.78, 5) is 27.7. The number of benzene rings is 4. The van der Waals surface area contributed by atoms with Crippen LogP contribution in [0.1, 0.15) is 33.1 Å². The predicted octanol–water partition coefficient (Wildman–Crippen LogP) is 9.18. The number of carbonyl (C=O) groups is 1. The van der Waals surface area contributed by atoms with Gasteiger partial charge in [0.15, 0.2) is 0 Å². The number of halogens is 1. The van der Waals surface area contributed by atoms with E-state index in [0.717, 1.165) is 0 Å². The van der Waals surface area contributed by atoms with E-state index < -0.39 is 51.0 Å². The van der Waals surface area contributed by atoms with Gasteiger partial charge in [-0.2, -0.15) is 25.3 Å². The number of rotatable bonds is 8. The normalized spacial score (nSPS) is 12.5. The summed E-state index contributed by atoms with van der Waals surface area (Å²) in [5.41, 5.74) is 1.67. The van der Waals surface area contributed by atoms with E-state index in [1.54, 1.807) is 42.5 Å². The summed E-state index contributed by atoms with van der Waals surface area (Å²) >= 11 is 0. The van der Waals surface area contributed by atoms with Crippen LogP contribution in [0.3, 0.4) is 0 Å². The highest BCUT2D eigenvalue weighted by Crippen LogP contribution is 2.44. The average molecular weight is 935 g/mol. The van der Waals surface area contributed by atoms with Crippen LogP contribution >= 0.6 is 12.4 Å². The molecule has 2 aliphatic rings. The van der Waals surface area contributed by atoms with E-state index in [1.807, 2.05) is 0 Å². The lowest BCUT2D eigenvalue weighted by molar-refractivity contribution is 0.0698. The molecule has 19 heteroatoms. The summed E-state index contributed by atoms with van der Waals surface area (Å²) in [6, 6.07) is 30.0. The van der Waals surface area contributed by atoms with Crippen LogP contribution < -0.4 is 0 Å². The fraction of sp³-hybridized carbons (Fsp3) is 0. The fourth-order valence-electron chi connectivity index (χ4n) is 7.91. The standard InChI is InChI=1S/C45H30N4O11S3.ClH/c50-45(51)43-34-22-18-30(46-34)40(25-10-2-1-3-11-25)36-24-29(26-12-4-7-15-37(26)61(52,53)54)44(49-36)42(28-14-6-9-17-39(28)63(58,59)60)33-21-19-31(47-33)41(32-20-23-35(43)48-32)27-13-5-8-16-38(27)62(55,56)57;/h1-24,48-49H,(H,50,51)(H,52,53,54)(H,55,56,57)(H,58,59,60);1H. The molecule has 6 N–H and O–H groups in total. The number of nitrogens with zero attached hydrogens (tertiary/aromatic N) is 2. The summed E-state index contributed by atoms with van der Waals surface area (Å²) < 4.78 is 110. The zero-order chi connectivity index (χ0) is 44.4. The highest BCUT2D eigenvalue weighted by Gasteiger charge is 2.28. The summed E-state index contributed by atoms with van der Waals surface area (Å²) in [6.45, 7) is 0. The molecule has 2 aliphatic heterocycles. The molecule has 5 heterocycles. The van der Waals surface area contributed by atoms with Crippen molar-refractivity contribution in [3.8, 4) is 44.5 Å². The van der Waals surface area contributed by atoms with Gasteiger partial charge in [0, 0.05) is 50.0 Å². The number of hydrogen-bond acceptors (Lipinski definition) is 9. The first-order valence-electron chi connectivity index (χ1n) is 18.7. The van der Waals surface area contributed by atoms with E-state index in [0.29, 0.717) is 11.1 Å². The summed E-state index contributed by atoms with van der Waals surface area (Å²) in [5, 5.41) is 10.7. The van der Waals surface area contributed by atoms with Gasteiger partial charge in [-0.15, -0.1) is 12.4 Å². The van der Waals surface area contributed by atoms with Crippen molar-refractivity contribution in [3.63, 3.8) is 0 Å². The van der Waals surface area contributed by atoms with Crippen LogP contribution in [-0.2, 0) is 30.4 Å². The first-order valence-corrected chi connectivity index (χ1v) is 23.0. The van der Waals surface area contributed by atoms with Crippen LogP contribution in [0.5, 0.6) is 0 Å². The second-order valence-corrected chi connectivity index (χ2v) is 18.4. The number of aromatic carboxylic acids is 1.